The Morgan fingerprint density at radius 1 is 0.926 bits per heavy atom. The van der Waals surface area contributed by atoms with E-state index in [2.05, 4.69) is 10.6 Å². The largest absolute Gasteiger partial charge is 0.350 e. The van der Waals surface area contributed by atoms with E-state index in [1.807, 2.05) is 75.4 Å². The van der Waals surface area contributed by atoms with Gasteiger partial charge in [0, 0.05) is 15.3 Å². The minimum absolute atomic E-state index is 0.0992. The van der Waals surface area contributed by atoms with Crippen LogP contribution < -0.4 is 10.6 Å². The second-order valence-corrected chi connectivity index (χ2v) is 8.55. The Kier molecular flexibility index (Phi) is 7.45. The average molecular weight is 386 g/mol. The summed E-state index contributed by atoms with van der Waals surface area (Å²) in [5.41, 5.74) is 0.484. The molecular weight excluding hydrogens is 358 g/mol. The van der Waals surface area contributed by atoms with Gasteiger partial charge in [0.2, 0.25) is 11.8 Å². The van der Waals surface area contributed by atoms with Crippen LogP contribution in [0.3, 0.4) is 0 Å². The molecular formula is C21H27N3O2S. The maximum Gasteiger partial charge on any atom is 0.238 e. The van der Waals surface area contributed by atoms with E-state index in [1.54, 1.807) is 23.7 Å². The molecule has 0 saturated carbocycles. The van der Waals surface area contributed by atoms with Crippen molar-refractivity contribution in [3.63, 3.8) is 0 Å². The summed E-state index contributed by atoms with van der Waals surface area (Å²) >= 11 is 1.60. The predicted octanol–water partition coefficient (Wildman–Crippen LogP) is 3.62. The van der Waals surface area contributed by atoms with E-state index in [1.165, 1.54) is 0 Å². The molecule has 0 bridgehead atoms. The second kappa shape index (κ2) is 9.58. The van der Waals surface area contributed by atoms with Crippen LogP contribution >= 0.6 is 11.8 Å². The topological polar surface area (TPSA) is 61.4 Å². The van der Waals surface area contributed by atoms with Gasteiger partial charge in [-0.05, 0) is 52.1 Å². The molecule has 2 rings (SSSR count). The van der Waals surface area contributed by atoms with Crippen molar-refractivity contribution < 1.29 is 9.59 Å². The fourth-order valence-corrected chi connectivity index (χ4v) is 3.39. The molecule has 144 valence electrons. The second-order valence-electron chi connectivity index (χ2n) is 7.43. The van der Waals surface area contributed by atoms with E-state index < -0.39 is 0 Å². The highest BCUT2D eigenvalue weighted by Crippen LogP contribution is 2.33. The Morgan fingerprint density at radius 2 is 1.52 bits per heavy atom. The van der Waals surface area contributed by atoms with Crippen LogP contribution in [-0.2, 0) is 9.59 Å². The zero-order valence-electron chi connectivity index (χ0n) is 16.3. The van der Waals surface area contributed by atoms with Crippen LogP contribution in [0.1, 0.15) is 20.8 Å². The van der Waals surface area contributed by atoms with Gasteiger partial charge in [0.05, 0.1) is 18.8 Å². The van der Waals surface area contributed by atoms with E-state index in [-0.39, 0.29) is 30.4 Å². The number of nitrogens with zero attached hydrogens (tertiary/aromatic N) is 1. The molecule has 0 heterocycles. The van der Waals surface area contributed by atoms with Gasteiger partial charge >= 0.3 is 0 Å². The summed E-state index contributed by atoms with van der Waals surface area (Å²) in [4.78, 5) is 28.2. The maximum atomic E-state index is 12.4. The summed E-state index contributed by atoms with van der Waals surface area (Å²) in [6.07, 6.45) is 0. The van der Waals surface area contributed by atoms with Crippen molar-refractivity contribution in [2.75, 3.05) is 25.5 Å². The fraction of sp³-hybridized carbons (Fsp3) is 0.333. The van der Waals surface area contributed by atoms with E-state index in [4.69, 9.17) is 0 Å². The smallest absolute Gasteiger partial charge is 0.238 e. The number of benzene rings is 2. The average Bonchev–Trinajstić information content (AvgIpc) is 2.55. The minimum Gasteiger partial charge on any atom is -0.350 e. The lowest BCUT2D eigenvalue weighted by Gasteiger charge is -2.23. The van der Waals surface area contributed by atoms with Crippen LogP contribution in [0, 0.1) is 0 Å². The van der Waals surface area contributed by atoms with Crippen molar-refractivity contribution in [2.45, 2.75) is 36.1 Å². The minimum atomic E-state index is -0.284. The number of hydrogen-bond donors (Lipinski definition) is 2. The number of para-hydroxylation sites is 1. The highest BCUT2D eigenvalue weighted by molar-refractivity contribution is 7.99. The molecule has 0 aliphatic carbocycles. The number of anilines is 1. The third-order valence-corrected chi connectivity index (χ3v) is 4.56. The number of rotatable bonds is 7. The SMILES string of the molecule is CN(CC(=O)Nc1ccccc1Sc1ccccc1)CC(=O)NC(C)(C)C. The number of amides is 2. The van der Waals surface area contributed by atoms with Crippen molar-refractivity contribution in [1.29, 1.82) is 0 Å². The first kappa shape index (κ1) is 21.0. The first-order valence-corrected chi connectivity index (χ1v) is 9.66. The van der Waals surface area contributed by atoms with Crippen LogP contribution in [-0.4, -0.2) is 42.4 Å². The maximum absolute atomic E-state index is 12.4. The summed E-state index contributed by atoms with van der Waals surface area (Å²) in [6.45, 7) is 6.10. The number of likely N-dealkylation sites (N-methyl/N-ethyl adjacent to an activating group) is 1. The normalized spacial score (nSPS) is 11.3. The quantitative estimate of drug-likeness (QED) is 0.764. The number of carbonyl (C=O) groups excluding carboxylic acids is 2. The van der Waals surface area contributed by atoms with E-state index in [0.717, 1.165) is 15.5 Å². The van der Waals surface area contributed by atoms with Crippen LogP contribution in [0.15, 0.2) is 64.4 Å². The van der Waals surface area contributed by atoms with Crippen molar-refractivity contribution in [1.82, 2.24) is 10.2 Å². The van der Waals surface area contributed by atoms with E-state index >= 15 is 0 Å². The van der Waals surface area contributed by atoms with Crippen LogP contribution in [0.25, 0.3) is 0 Å². The summed E-state index contributed by atoms with van der Waals surface area (Å²) in [6, 6.07) is 17.7. The molecule has 6 heteroatoms. The van der Waals surface area contributed by atoms with Gasteiger partial charge in [-0.3, -0.25) is 14.5 Å². The van der Waals surface area contributed by atoms with E-state index in [0.29, 0.717) is 0 Å². The Hall–Kier alpha value is -2.31. The molecule has 2 aromatic rings. The van der Waals surface area contributed by atoms with Crippen LogP contribution in [0.2, 0.25) is 0 Å². The van der Waals surface area contributed by atoms with Crippen molar-refractivity contribution in [2.24, 2.45) is 0 Å². The lowest BCUT2D eigenvalue weighted by atomic mass is 10.1. The Balaban J connectivity index is 1.93. The molecule has 0 atom stereocenters. The molecule has 2 aromatic carbocycles. The molecule has 0 aromatic heterocycles. The molecule has 27 heavy (non-hydrogen) atoms. The van der Waals surface area contributed by atoms with Gasteiger partial charge in [-0.1, -0.05) is 42.1 Å². The lowest BCUT2D eigenvalue weighted by Crippen LogP contribution is -2.46. The molecule has 0 aliphatic heterocycles. The van der Waals surface area contributed by atoms with Crippen molar-refractivity contribution >= 4 is 29.3 Å². The molecule has 5 nitrogen and oxygen atoms in total. The molecule has 0 fully saturated rings. The number of carbonyl (C=O) groups is 2. The van der Waals surface area contributed by atoms with Gasteiger partial charge in [-0.2, -0.15) is 0 Å². The summed E-state index contributed by atoms with van der Waals surface area (Å²) in [5, 5.41) is 5.84. The summed E-state index contributed by atoms with van der Waals surface area (Å²) < 4.78 is 0. The molecule has 0 saturated heterocycles. The molecule has 0 radical (unpaired) electrons. The lowest BCUT2D eigenvalue weighted by molar-refractivity contribution is -0.124. The zero-order valence-corrected chi connectivity index (χ0v) is 17.1. The Bertz CT molecular complexity index is 772. The summed E-state index contributed by atoms with van der Waals surface area (Å²) in [5.74, 6) is -0.250. The molecule has 2 N–H and O–H groups in total. The van der Waals surface area contributed by atoms with Gasteiger partial charge in [0.25, 0.3) is 0 Å². The van der Waals surface area contributed by atoms with Crippen LogP contribution in [0.4, 0.5) is 5.69 Å². The highest BCUT2D eigenvalue weighted by Gasteiger charge is 2.17. The molecule has 0 unspecified atom stereocenters. The first-order valence-electron chi connectivity index (χ1n) is 8.84. The zero-order chi connectivity index (χ0) is 19.9. The van der Waals surface area contributed by atoms with Crippen molar-refractivity contribution in [3.8, 4) is 0 Å². The van der Waals surface area contributed by atoms with Gasteiger partial charge in [0.1, 0.15) is 0 Å². The molecule has 0 spiro atoms. The number of nitrogens with one attached hydrogen (secondary N) is 2. The highest BCUT2D eigenvalue weighted by atomic mass is 32.2. The third-order valence-electron chi connectivity index (χ3n) is 3.47. The van der Waals surface area contributed by atoms with Crippen LogP contribution in [0.5, 0.6) is 0 Å². The van der Waals surface area contributed by atoms with Gasteiger partial charge in [-0.25, -0.2) is 0 Å². The van der Waals surface area contributed by atoms with Gasteiger partial charge in [-0.15, -0.1) is 0 Å². The fourth-order valence-electron chi connectivity index (χ4n) is 2.47. The number of hydrogen-bond acceptors (Lipinski definition) is 4. The Morgan fingerprint density at radius 3 is 2.19 bits per heavy atom. The monoisotopic (exact) mass is 385 g/mol. The summed E-state index contributed by atoms with van der Waals surface area (Å²) in [7, 11) is 1.76. The molecule has 2 amide bonds. The van der Waals surface area contributed by atoms with Crippen molar-refractivity contribution in [3.05, 3.63) is 54.6 Å². The predicted molar refractivity (Wildman–Crippen MR) is 111 cm³/mol. The van der Waals surface area contributed by atoms with Gasteiger partial charge < -0.3 is 10.6 Å². The first-order chi connectivity index (χ1) is 12.7. The molecule has 0 aliphatic rings. The van der Waals surface area contributed by atoms with Gasteiger partial charge in [0.15, 0.2) is 0 Å². The standard InChI is InChI=1S/C21H27N3O2S/c1-21(2,3)23-20(26)15-24(4)14-19(25)22-17-12-8-9-13-18(17)27-16-10-6-5-7-11-16/h5-13H,14-15H2,1-4H3,(H,22,25)(H,23,26). The third kappa shape index (κ3) is 7.85. The Labute approximate surface area is 165 Å². The van der Waals surface area contributed by atoms with E-state index in [9.17, 15) is 9.59 Å².